The number of carbonyl (C=O) groups excluding carboxylic acids is 1. The molecule has 0 saturated heterocycles. The van der Waals surface area contributed by atoms with Gasteiger partial charge in [0, 0.05) is 34.0 Å². The van der Waals surface area contributed by atoms with Crippen LogP contribution in [-0.2, 0) is 0 Å². The van der Waals surface area contributed by atoms with Crippen LogP contribution in [0.2, 0.25) is 5.02 Å². The van der Waals surface area contributed by atoms with Crippen molar-refractivity contribution < 1.29 is 9.72 Å². The first-order valence-electron chi connectivity index (χ1n) is 11.6. The second-order valence-corrected chi connectivity index (χ2v) is 8.82. The molecule has 0 N–H and O–H groups in total. The largest absolute Gasteiger partial charge is 0.309 e. The number of hydrogen-bond donors (Lipinski definition) is 0. The van der Waals surface area contributed by atoms with Gasteiger partial charge in [-0.05, 0) is 53.6 Å². The van der Waals surface area contributed by atoms with E-state index < -0.39 is 4.92 Å². The van der Waals surface area contributed by atoms with E-state index in [0.717, 1.165) is 33.8 Å². The van der Waals surface area contributed by atoms with Crippen LogP contribution in [-0.4, -0.2) is 15.3 Å². The number of nitro groups is 1. The van der Waals surface area contributed by atoms with Gasteiger partial charge in [-0.3, -0.25) is 14.9 Å². The van der Waals surface area contributed by atoms with Gasteiger partial charge in [0.15, 0.2) is 5.78 Å². The first kappa shape index (κ1) is 24.0. The Morgan fingerprint density at radius 3 is 2.08 bits per heavy atom. The molecule has 5 nitrogen and oxygen atoms in total. The Bertz CT molecular complexity index is 1610. The number of nitrogens with zero attached hydrogens (tertiary/aromatic N) is 2. The molecule has 0 unspecified atom stereocenters. The van der Waals surface area contributed by atoms with E-state index >= 15 is 0 Å². The zero-order valence-electron chi connectivity index (χ0n) is 19.6. The molecule has 4 aromatic carbocycles. The summed E-state index contributed by atoms with van der Waals surface area (Å²) in [6.45, 7) is 0. The van der Waals surface area contributed by atoms with Gasteiger partial charge in [0.05, 0.1) is 16.3 Å². The van der Waals surface area contributed by atoms with E-state index in [1.165, 1.54) is 24.3 Å². The maximum atomic E-state index is 13.0. The fourth-order valence-electron chi connectivity index (χ4n) is 4.26. The fraction of sp³-hybridized carbons (Fsp3) is 0. The molecule has 180 valence electrons. The molecule has 1 aromatic heterocycles. The van der Waals surface area contributed by atoms with Gasteiger partial charge >= 0.3 is 0 Å². The molecule has 0 spiro atoms. The maximum Gasteiger partial charge on any atom is 0.270 e. The zero-order chi connectivity index (χ0) is 25.8. The summed E-state index contributed by atoms with van der Waals surface area (Å²) in [5.74, 6) is -0.316. The summed E-state index contributed by atoms with van der Waals surface area (Å²) < 4.78 is 2.15. The van der Waals surface area contributed by atoms with Crippen molar-refractivity contribution in [3.63, 3.8) is 0 Å². The lowest BCUT2D eigenvalue weighted by molar-refractivity contribution is -0.384. The first-order chi connectivity index (χ1) is 18.0. The van der Waals surface area contributed by atoms with Gasteiger partial charge in [0.25, 0.3) is 5.69 Å². The van der Waals surface area contributed by atoms with Crippen molar-refractivity contribution in [2.24, 2.45) is 0 Å². The average Bonchev–Trinajstić information content (AvgIpc) is 3.32. The van der Waals surface area contributed by atoms with E-state index in [-0.39, 0.29) is 17.0 Å². The lowest BCUT2D eigenvalue weighted by Gasteiger charge is -2.15. The van der Waals surface area contributed by atoms with Crippen molar-refractivity contribution >= 4 is 29.1 Å². The first-order valence-corrected chi connectivity index (χ1v) is 12.0. The van der Waals surface area contributed by atoms with Crippen LogP contribution in [0.25, 0.3) is 34.3 Å². The third-order valence-electron chi connectivity index (χ3n) is 5.99. The zero-order valence-corrected chi connectivity index (χ0v) is 20.4. The number of ketones is 1. The topological polar surface area (TPSA) is 65.1 Å². The molecule has 37 heavy (non-hydrogen) atoms. The van der Waals surface area contributed by atoms with Crippen molar-refractivity contribution in [3.8, 4) is 28.2 Å². The Morgan fingerprint density at radius 2 is 1.43 bits per heavy atom. The maximum absolute atomic E-state index is 13.0. The number of aromatic nitrogens is 1. The van der Waals surface area contributed by atoms with Crippen LogP contribution in [0.4, 0.5) is 5.69 Å². The predicted molar refractivity (Wildman–Crippen MR) is 148 cm³/mol. The lowest BCUT2D eigenvalue weighted by Crippen LogP contribution is -2.00. The minimum Gasteiger partial charge on any atom is -0.309 e. The number of rotatable bonds is 7. The van der Waals surface area contributed by atoms with Gasteiger partial charge in [-0.1, -0.05) is 84.4 Å². The van der Waals surface area contributed by atoms with E-state index in [0.29, 0.717) is 5.02 Å². The van der Waals surface area contributed by atoms with E-state index in [1.807, 2.05) is 91.0 Å². The molecule has 5 aromatic rings. The van der Waals surface area contributed by atoms with Crippen LogP contribution in [0.3, 0.4) is 0 Å². The van der Waals surface area contributed by atoms with Crippen LogP contribution in [0.5, 0.6) is 0 Å². The summed E-state index contributed by atoms with van der Waals surface area (Å²) in [5.41, 5.74) is 5.73. The summed E-state index contributed by atoms with van der Waals surface area (Å²) in [5, 5.41) is 11.8. The lowest BCUT2D eigenvalue weighted by atomic mass is 10.0. The monoisotopic (exact) mass is 504 g/mol. The minimum atomic E-state index is -0.508. The van der Waals surface area contributed by atoms with Crippen LogP contribution in [0.15, 0.2) is 121 Å². The second kappa shape index (κ2) is 10.5. The number of carbonyl (C=O) groups is 1. The summed E-state index contributed by atoms with van der Waals surface area (Å²) in [6.07, 6.45) is 3.23. The fourth-order valence-corrected chi connectivity index (χ4v) is 4.39. The molecule has 0 bridgehead atoms. The molecular formula is C31H21ClN2O3. The Labute approximate surface area is 219 Å². The Morgan fingerprint density at radius 1 is 0.784 bits per heavy atom. The molecule has 0 radical (unpaired) electrons. The summed E-state index contributed by atoms with van der Waals surface area (Å²) in [7, 11) is 0. The average molecular weight is 505 g/mol. The van der Waals surface area contributed by atoms with Crippen molar-refractivity contribution in [2.45, 2.75) is 0 Å². The van der Waals surface area contributed by atoms with Crippen molar-refractivity contribution in [3.05, 3.63) is 148 Å². The van der Waals surface area contributed by atoms with Gasteiger partial charge < -0.3 is 4.57 Å². The third-order valence-corrected chi connectivity index (χ3v) is 6.24. The molecule has 0 atom stereocenters. The van der Waals surface area contributed by atoms with E-state index in [4.69, 9.17) is 11.6 Å². The van der Waals surface area contributed by atoms with E-state index in [2.05, 4.69) is 4.57 Å². The standard InChI is InChI=1S/C31H21ClN2O3/c32-26-15-17-27(18-16-26)33-29(22-8-3-1-4-9-22)21-25(31(33)23-10-5-2-6-11-23)14-19-30(35)24-12-7-13-28(20-24)34(36)37/h1-21H/b19-14+. The highest BCUT2D eigenvalue weighted by atomic mass is 35.5. The Kier molecular flexibility index (Phi) is 6.79. The number of benzene rings is 4. The molecule has 0 aliphatic carbocycles. The molecule has 0 amide bonds. The normalized spacial score (nSPS) is 11.1. The quantitative estimate of drug-likeness (QED) is 0.0969. The van der Waals surface area contributed by atoms with Crippen LogP contribution >= 0.6 is 11.6 Å². The Hall–Kier alpha value is -4.74. The van der Waals surface area contributed by atoms with Crippen LogP contribution in [0.1, 0.15) is 15.9 Å². The number of hydrogen-bond acceptors (Lipinski definition) is 3. The van der Waals surface area contributed by atoms with Gasteiger partial charge in [0.1, 0.15) is 0 Å². The highest BCUT2D eigenvalue weighted by Crippen LogP contribution is 2.37. The van der Waals surface area contributed by atoms with Gasteiger partial charge in [-0.2, -0.15) is 0 Å². The molecular weight excluding hydrogens is 484 g/mol. The minimum absolute atomic E-state index is 0.121. The predicted octanol–water partition coefficient (Wildman–Crippen LogP) is 8.27. The van der Waals surface area contributed by atoms with Crippen molar-refractivity contribution in [1.82, 2.24) is 4.57 Å². The summed E-state index contributed by atoms with van der Waals surface area (Å²) in [6, 6.07) is 35.4. The number of non-ortho nitro benzene ring substituents is 1. The Balaban J connectivity index is 1.69. The van der Waals surface area contributed by atoms with Gasteiger partial charge in [-0.25, -0.2) is 0 Å². The number of nitro benzene ring substituents is 1. The van der Waals surface area contributed by atoms with E-state index in [9.17, 15) is 14.9 Å². The van der Waals surface area contributed by atoms with Gasteiger partial charge in [0.2, 0.25) is 0 Å². The van der Waals surface area contributed by atoms with Crippen molar-refractivity contribution in [1.29, 1.82) is 0 Å². The molecule has 6 heteroatoms. The van der Waals surface area contributed by atoms with Crippen LogP contribution < -0.4 is 0 Å². The molecule has 0 saturated carbocycles. The number of halogens is 1. The summed E-state index contributed by atoms with van der Waals surface area (Å²) >= 11 is 6.19. The highest BCUT2D eigenvalue weighted by Gasteiger charge is 2.19. The second-order valence-electron chi connectivity index (χ2n) is 8.38. The molecule has 5 rings (SSSR count). The summed E-state index contributed by atoms with van der Waals surface area (Å²) in [4.78, 5) is 23.6. The molecule has 0 fully saturated rings. The van der Waals surface area contributed by atoms with Crippen LogP contribution in [0, 0.1) is 10.1 Å². The molecule has 0 aliphatic rings. The molecule has 1 heterocycles. The SMILES string of the molecule is O=C(/C=C/c1cc(-c2ccccc2)n(-c2ccc(Cl)cc2)c1-c1ccccc1)c1cccc([N+](=O)[O-])c1. The molecule has 0 aliphatic heterocycles. The van der Waals surface area contributed by atoms with E-state index in [1.54, 1.807) is 12.1 Å². The third kappa shape index (κ3) is 5.13. The van der Waals surface area contributed by atoms with Crippen molar-refractivity contribution in [2.75, 3.05) is 0 Å². The van der Waals surface area contributed by atoms with Gasteiger partial charge in [-0.15, -0.1) is 0 Å². The highest BCUT2D eigenvalue weighted by molar-refractivity contribution is 6.30. The number of allylic oxidation sites excluding steroid dienone is 1. The smallest absolute Gasteiger partial charge is 0.270 e.